The van der Waals surface area contributed by atoms with Gasteiger partial charge in [0.2, 0.25) is 0 Å². The summed E-state index contributed by atoms with van der Waals surface area (Å²) in [6.07, 6.45) is 0.717. The summed E-state index contributed by atoms with van der Waals surface area (Å²) in [6, 6.07) is 16.4. The number of nitro groups is 1. The first-order valence-corrected chi connectivity index (χ1v) is 11.2. The first-order valence-electron chi connectivity index (χ1n) is 11.2. The van der Waals surface area contributed by atoms with Crippen LogP contribution in [0.15, 0.2) is 81.1 Å². The molecular formula is C25H26N6O6. The van der Waals surface area contributed by atoms with Crippen molar-refractivity contribution in [2.45, 2.75) is 19.4 Å². The molecule has 0 aromatic heterocycles. The monoisotopic (exact) mass is 506 g/mol. The van der Waals surface area contributed by atoms with Gasteiger partial charge in [0.25, 0.3) is 5.69 Å². The van der Waals surface area contributed by atoms with Crippen LogP contribution in [0.5, 0.6) is 11.5 Å². The maximum Gasteiger partial charge on any atom is 0.303 e. The van der Waals surface area contributed by atoms with Crippen LogP contribution >= 0.6 is 0 Å². The minimum atomic E-state index is -0.799. The number of azo groups is 2. The highest BCUT2D eigenvalue weighted by molar-refractivity contribution is 5.67. The number of ether oxygens (including phenoxy) is 2. The van der Waals surface area contributed by atoms with Crippen molar-refractivity contribution in [3.8, 4) is 11.5 Å². The van der Waals surface area contributed by atoms with E-state index in [-0.39, 0.29) is 12.1 Å². The van der Waals surface area contributed by atoms with Crippen LogP contribution in [0.3, 0.4) is 0 Å². The molecule has 3 rings (SSSR count). The van der Waals surface area contributed by atoms with Gasteiger partial charge in [0.05, 0.1) is 30.5 Å². The Balaban J connectivity index is 1.69. The van der Waals surface area contributed by atoms with E-state index in [2.05, 4.69) is 25.8 Å². The van der Waals surface area contributed by atoms with Crippen molar-refractivity contribution in [3.05, 3.63) is 76.3 Å². The molecule has 0 unspecified atom stereocenters. The van der Waals surface area contributed by atoms with Crippen molar-refractivity contribution < 1.29 is 24.3 Å². The smallest absolute Gasteiger partial charge is 0.303 e. The van der Waals surface area contributed by atoms with Crippen LogP contribution in [-0.2, 0) is 11.3 Å². The van der Waals surface area contributed by atoms with Gasteiger partial charge in [-0.2, -0.15) is 10.2 Å². The lowest BCUT2D eigenvalue weighted by atomic mass is 10.2. The third-order valence-electron chi connectivity index (χ3n) is 5.10. The molecule has 0 amide bonds. The molecule has 0 spiro atoms. The minimum Gasteiger partial charge on any atom is -0.494 e. The van der Waals surface area contributed by atoms with E-state index in [1.807, 2.05) is 24.3 Å². The summed E-state index contributed by atoms with van der Waals surface area (Å²) in [5, 5.41) is 39.5. The maximum absolute atomic E-state index is 10.8. The molecule has 37 heavy (non-hydrogen) atoms. The average molecular weight is 507 g/mol. The molecule has 3 aromatic rings. The van der Waals surface area contributed by atoms with Crippen molar-refractivity contribution in [1.82, 2.24) is 5.32 Å². The van der Waals surface area contributed by atoms with Gasteiger partial charge in [-0.1, -0.05) is 12.1 Å². The van der Waals surface area contributed by atoms with Crippen molar-refractivity contribution >= 4 is 34.4 Å². The number of non-ortho nitro benzene ring substituents is 1. The summed E-state index contributed by atoms with van der Waals surface area (Å²) in [5.41, 5.74) is 2.89. The third-order valence-corrected chi connectivity index (χ3v) is 5.10. The molecule has 0 aliphatic heterocycles. The molecule has 0 saturated heterocycles. The van der Waals surface area contributed by atoms with Crippen molar-refractivity contribution in [3.63, 3.8) is 0 Å². The summed E-state index contributed by atoms with van der Waals surface area (Å²) >= 11 is 0. The Morgan fingerprint density at radius 2 is 1.41 bits per heavy atom. The number of aliphatic carboxylic acids is 1. The fourth-order valence-corrected chi connectivity index (χ4v) is 3.16. The van der Waals surface area contributed by atoms with Crippen LogP contribution in [0, 0.1) is 10.1 Å². The van der Waals surface area contributed by atoms with E-state index in [4.69, 9.17) is 14.6 Å². The number of nitrogens with one attached hydrogen (secondary N) is 1. The van der Waals surface area contributed by atoms with E-state index < -0.39 is 10.9 Å². The van der Waals surface area contributed by atoms with Crippen LogP contribution in [0.1, 0.15) is 18.4 Å². The molecule has 3 aromatic carbocycles. The van der Waals surface area contributed by atoms with Crippen LogP contribution in [0.4, 0.5) is 28.4 Å². The quantitative estimate of drug-likeness (QED) is 0.117. The van der Waals surface area contributed by atoms with Crippen molar-refractivity contribution in [1.29, 1.82) is 0 Å². The Kier molecular flexibility index (Phi) is 9.74. The van der Waals surface area contributed by atoms with E-state index in [0.29, 0.717) is 53.8 Å². The predicted octanol–water partition coefficient (Wildman–Crippen LogP) is 6.40. The summed E-state index contributed by atoms with van der Waals surface area (Å²) in [4.78, 5) is 20.9. The molecule has 0 aliphatic rings. The van der Waals surface area contributed by atoms with Gasteiger partial charge >= 0.3 is 5.97 Å². The van der Waals surface area contributed by atoms with E-state index in [0.717, 1.165) is 5.56 Å². The summed E-state index contributed by atoms with van der Waals surface area (Å²) < 4.78 is 10.9. The first-order chi connectivity index (χ1) is 17.9. The Morgan fingerprint density at radius 3 is 1.86 bits per heavy atom. The van der Waals surface area contributed by atoms with E-state index in [1.54, 1.807) is 12.1 Å². The fourth-order valence-electron chi connectivity index (χ4n) is 3.16. The van der Waals surface area contributed by atoms with Gasteiger partial charge in [0.15, 0.2) is 0 Å². The van der Waals surface area contributed by atoms with Gasteiger partial charge in [-0.15, -0.1) is 10.2 Å². The maximum atomic E-state index is 10.8. The highest BCUT2D eigenvalue weighted by Crippen LogP contribution is 2.41. The zero-order valence-corrected chi connectivity index (χ0v) is 20.3. The number of rotatable bonds is 13. The lowest BCUT2D eigenvalue weighted by Gasteiger charge is -2.09. The lowest BCUT2D eigenvalue weighted by molar-refractivity contribution is -0.384. The Labute approximate surface area is 212 Å². The second kappa shape index (κ2) is 13.4. The summed E-state index contributed by atoms with van der Waals surface area (Å²) in [6.45, 7) is 1.25. The highest BCUT2D eigenvalue weighted by atomic mass is 16.6. The van der Waals surface area contributed by atoms with Crippen LogP contribution < -0.4 is 14.8 Å². The van der Waals surface area contributed by atoms with Crippen LogP contribution in [0.25, 0.3) is 0 Å². The van der Waals surface area contributed by atoms with Gasteiger partial charge in [0.1, 0.15) is 22.9 Å². The molecule has 0 atom stereocenters. The van der Waals surface area contributed by atoms with E-state index >= 15 is 0 Å². The second-order valence-corrected chi connectivity index (χ2v) is 7.71. The molecule has 0 fully saturated rings. The number of nitro benzene ring substituents is 1. The highest BCUT2D eigenvalue weighted by Gasteiger charge is 2.12. The number of hydrogen-bond acceptors (Lipinski definition) is 10. The minimum absolute atomic E-state index is 0.0350. The van der Waals surface area contributed by atoms with Crippen LogP contribution in [0.2, 0.25) is 0 Å². The zero-order valence-electron chi connectivity index (χ0n) is 20.3. The Morgan fingerprint density at radius 1 is 0.892 bits per heavy atom. The number of nitrogens with zero attached hydrogens (tertiary/aromatic N) is 5. The van der Waals surface area contributed by atoms with Crippen molar-refractivity contribution in [2.24, 2.45) is 20.5 Å². The van der Waals surface area contributed by atoms with Crippen LogP contribution in [-0.4, -0.2) is 36.8 Å². The molecule has 2 N–H and O–H groups in total. The summed E-state index contributed by atoms with van der Waals surface area (Å²) in [7, 11) is 2.98. The average Bonchev–Trinajstić information content (AvgIpc) is 2.91. The molecule has 0 aliphatic carbocycles. The van der Waals surface area contributed by atoms with Gasteiger partial charge in [-0.25, -0.2) is 0 Å². The standard InChI is InChI=1S/C25H26N6O6/c1-36-23-15-22(30-28-19-9-11-20(12-10-19)31(34)35)24(37-2)14-21(23)29-27-18-7-5-17(6-8-18)16-26-13-3-4-25(32)33/h5-12,14-15,26H,3-4,13,16H2,1-2H3,(H,32,33). The van der Waals surface area contributed by atoms with Gasteiger partial charge in [-0.3, -0.25) is 14.9 Å². The van der Waals surface area contributed by atoms with E-state index in [1.165, 1.54) is 38.5 Å². The number of carboxylic acid groups (broad SMARTS) is 1. The molecular weight excluding hydrogens is 480 g/mol. The molecule has 0 bridgehead atoms. The van der Waals surface area contributed by atoms with E-state index in [9.17, 15) is 14.9 Å². The molecule has 0 heterocycles. The topological polar surface area (TPSA) is 160 Å². The zero-order chi connectivity index (χ0) is 26.6. The number of benzene rings is 3. The molecule has 0 radical (unpaired) electrons. The molecule has 0 saturated carbocycles. The molecule has 192 valence electrons. The molecule has 12 nitrogen and oxygen atoms in total. The first kappa shape index (κ1) is 26.9. The van der Waals surface area contributed by atoms with Crippen molar-refractivity contribution in [2.75, 3.05) is 20.8 Å². The Bertz CT molecular complexity index is 1280. The second-order valence-electron chi connectivity index (χ2n) is 7.71. The number of methoxy groups -OCH3 is 2. The fraction of sp³-hybridized carbons (Fsp3) is 0.240. The van der Waals surface area contributed by atoms with Gasteiger partial charge < -0.3 is 19.9 Å². The van der Waals surface area contributed by atoms with Gasteiger partial charge in [0, 0.05) is 37.2 Å². The lowest BCUT2D eigenvalue weighted by Crippen LogP contribution is -2.15. The Hall–Kier alpha value is -4.71. The number of carboxylic acids is 1. The third kappa shape index (κ3) is 8.18. The predicted molar refractivity (Wildman–Crippen MR) is 136 cm³/mol. The van der Waals surface area contributed by atoms with Gasteiger partial charge in [-0.05, 0) is 42.8 Å². The number of hydrogen-bond donors (Lipinski definition) is 2. The largest absolute Gasteiger partial charge is 0.494 e. The number of carbonyl (C=O) groups is 1. The SMILES string of the molecule is COc1cc(N=Nc2ccc([N+](=O)[O-])cc2)c(OC)cc1N=Nc1ccc(CNCCCC(=O)O)cc1. The summed E-state index contributed by atoms with van der Waals surface area (Å²) in [5.74, 6) is 0.00107. The normalized spacial score (nSPS) is 11.2. The molecule has 12 heteroatoms.